The molecule has 1 aromatic heterocycles. The van der Waals surface area contributed by atoms with E-state index in [9.17, 15) is 0 Å². The van der Waals surface area contributed by atoms with Crippen LogP contribution in [0, 0.1) is 0 Å². The number of fused-ring (bicyclic) bond motifs is 1. The standard InChI is InChI=1S/C21H16N2O/c1-24-21-18-7-3-2-6-16(18)20(22-23-21)17-12-11-14-10-9-13-5-4-8-15(17)19(13)14/h2-8,11-12H,9-10H2,1H3. The summed E-state index contributed by atoms with van der Waals surface area (Å²) in [4.78, 5) is 0. The van der Waals surface area contributed by atoms with Crippen LogP contribution in [0.25, 0.3) is 32.8 Å². The van der Waals surface area contributed by atoms with Crippen LogP contribution in [-0.4, -0.2) is 17.3 Å². The number of aryl methyl sites for hydroxylation is 2. The lowest BCUT2D eigenvalue weighted by molar-refractivity contribution is 0.398. The van der Waals surface area contributed by atoms with Crippen molar-refractivity contribution in [3.05, 3.63) is 65.7 Å². The highest BCUT2D eigenvalue weighted by atomic mass is 16.5. The van der Waals surface area contributed by atoms with Gasteiger partial charge < -0.3 is 4.74 Å². The van der Waals surface area contributed by atoms with Crippen LogP contribution in [0.5, 0.6) is 5.88 Å². The van der Waals surface area contributed by atoms with Crippen LogP contribution >= 0.6 is 0 Å². The average molecular weight is 312 g/mol. The molecule has 0 unspecified atom stereocenters. The third kappa shape index (κ3) is 1.78. The second-order valence-electron chi connectivity index (χ2n) is 6.22. The van der Waals surface area contributed by atoms with Crippen molar-refractivity contribution in [3.63, 3.8) is 0 Å². The van der Waals surface area contributed by atoms with Gasteiger partial charge in [-0.2, -0.15) is 0 Å². The number of nitrogens with zero attached hydrogens (tertiary/aromatic N) is 2. The van der Waals surface area contributed by atoms with Crippen molar-refractivity contribution in [3.8, 4) is 17.1 Å². The molecule has 3 aromatic carbocycles. The molecule has 0 saturated heterocycles. The second kappa shape index (κ2) is 5.03. The Morgan fingerprint density at radius 3 is 2.33 bits per heavy atom. The molecule has 0 bridgehead atoms. The molecule has 4 aromatic rings. The number of hydrogen-bond acceptors (Lipinski definition) is 3. The van der Waals surface area contributed by atoms with Crippen molar-refractivity contribution in [2.75, 3.05) is 7.11 Å². The molecule has 0 amide bonds. The molecule has 0 saturated carbocycles. The van der Waals surface area contributed by atoms with E-state index in [0.29, 0.717) is 5.88 Å². The molecule has 1 aliphatic rings. The molecule has 1 aliphatic carbocycles. The maximum absolute atomic E-state index is 5.38. The van der Waals surface area contributed by atoms with Gasteiger partial charge in [0.1, 0.15) is 5.69 Å². The lowest BCUT2D eigenvalue weighted by atomic mass is 9.96. The van der Waals surface area contributed by atoms with Crippen LogP contribution in [0.4, 0.5) is 0 Å². The molecular weight excluding hydrogens is 296 g/mol. The van der Waals surface area contributed by atoms with E-state index in [-0.39, 0.29) is 0 Å². The predicted octanol–water partition coefficient (Wildman–Crippen LogP) is 4.56. The molecule has 3 nitrogen and oxygen atoms in total. The highest BCUT2D eigenvalue weighted by Crippen LogP contribution is 2.39. The first kappa shape index (κ1) is 13.5. The van der Waals surface area contributed by atoms with E-state index in [2.05, 4.69) is 46.6 Å². The van der Waals surface area contributed by atoms with Crippen molar-refractivity contribution in [2.24, 2.45) is 0 Å². The number of aromatic nitrogens is 2. The van der Waals surface area contributed by atoms with Gasteiger partial charge in [0.15, 0.2) is 0 Å². The van der Waals surface area contributed by atoms with E-state index >= 15 is 0 Å². The largest absolute Gasteiger partial charge is 0.479 e. The maximum atomic E-state index is 5.38. The van der Waals surface area contributed by atoms with E-state index in [1.807, 2.05) is 18.2 Å². The summed E-state index contributed by atoms with van der Waals surface area (Å²) in [6.07, 6.45) is 2.26. The summed E-state index contributed by atoms with van der Waals surface area (Å²) in [5, 5.41) is 13.5. The van der Waals surface area contributed by atoms with Crippen LogP contribution in [0.3, 0.4) is 0 Å². The van der Waals surface area contributed by atoms with E-state index in [0.717, 1.165) is 34.9 Å². The molecule has 0 fully saturated rings. The van der Waals surface area contributed by atoms with Crippen LogP contribution in [-0.2, 0) is 12.8 Å². The van der Waals surface area contributed by atoms with Crippen molar-refractivity contribution in [2.45, 2.75) is 12.8 Å². The Morgan fingerprint density at radius 1 is 0.750 bits per heavy atom. The quantitative estimate of drug-likeness (QED) is 0.544. The molecule has 0 radical (unpaired) electrons. The minimum absolute atomic E-state index is 0.570. The van der Waals surface area contributed by atoms with Gasteiger partial charge in [-0.25, -0.2) is 0 Å². The van der Waals surface area contributed by atoms with Crippen LogP contribution < -0.4 is 4.74 Å². The van der Waals surface area contributed by atoms with Gasteiger partial charge in [0.25, 0.3) is 0 Å². The van der Waals surface area contributed by atoms with Gasteiger partial charge in [0, 0.05) is 16.3 Å². The number of benzene rings is 3. The van der Waals surface area contributed by atoms with E-state index < -0.39 is 0 Å². The van der Waals surface area contributed by atoms with Gasteiger partial charge >= 0.3 is 0 Å². The summed E-state index contributed by atoms with van der Waals surface area (Å²) in [5.74, 6) is 0.570. The summed E-state index contributed by atoms with van der Waals surface area (Å²) in [7, 11) is 1.63. The van der Waals surface area contributed by atoms with Gasteiger partial charge in [-0.1, -0.05) is 48.5 Å². The molecule has 24 heavy (non-hydrogen) atoms. The van der Waals surface area contributed by atoms with Crippen LogP contribution in [0.15, 0.2) is 54.6 Å². The third-order valence-corrected chi connectivity index (χ3v) is 4.98. The molecular formula is C21H16N2O. The topological polar surface area (TPSA) is 35.0 Å². The first-order chi connectivity index (χ1) is 11.9. The van der Waals surface area contributed by atoms with Gasteiger partial charge in [-0.05, 0) is 40.8 Å². The molecule has 3 heteroatoms. The monoisotopic (exact) mass is 312 g/mol. The Morgan fingerprint density at radius 2 is 1.50 bits per heavy atom. The fourth-order valence-electron chi connectivity index (χ4n) is 3.88. The number of hydrogen-bond donors (Lipinski definition) is 0. The molecule has 116 valence electrons. The Labute approximate surface area is 139 Å². The number of ether oxygens (including phenoxy) is 1. The van der Waals surface area contributed by atoms with Gasteiger partial charge in [0.05, 0.1) is 7.11 Å². The summed E-state index contributed by atoms with van der Waals surface area (Å²) < 4.78 is 5.38. The smallest absolute Gasteiger partial charge is 0.241 e. The molecule has 0 N–H and O–H groups in total. The minimum atomic E-state index is 0.570. The summed E-state index contributed by atoms with van der Waals surface area (Å²) in [6, 6.07) is 19.2. The SMILES string of the molecule is COc1nnc(-c2ccc3c4c(cccc24)CC3)c2ccccc12. The lowest BCUT2D eigenvalue weighted by Crippen LogP contribution is -1.96. The first-order valence-electron chi connectivity index (χ1n) is 8.20. The molecule has 1 heterocycles. The number of rotatable bonds is 2. The van der Waals surface area contributed by atoms with Gasteiger partial charge in [-0.15, -0.1) is 10.2 Å². The molecule has 0 spiro atoms. The molecule has 0 aliphatic heterocycles. The predicted molar refractivity (Wildman–Crippen MR) is 96.4 cm³/mol. The van der Waals surface area contributed by atoms with Crippen molar-refractivity contribution in [1.29, 1.82) is 0 Å². The van der Waals surface area contributed by atoms with E-state index in [4.69, 9.17) is 4.74 Å². The summed E-state index contributed by atoms with van der Waals surface area (Å²) in [5.41, 5.74) is 4.94. The Kier molecular flexibility index (Phi) is 2.83. The Balaban J connectivity index is 1.88. The minimum Gasteiger partial charge on any atom is -0.479 e. The van der Waals surface area contributed by atoms with Gasteiger partial charge in [-0.3, -0.25) is 0 Å². The van der Waals surface area contributed by atoms with Gasteiger partial charge in [0.2, 0.25) is 5.88 Å². The van der Waals surface area contributed by atoms with Crippen LogP contribution in [0.1, 0.15) is 11.1 Å². The third-order valence-electron chi connectivity index (χ3n) is 4.98. The average Bonchev–Trinajstić information content (AvgIpc) is 3.07. The Hall–Kier alpha value is -2.94. The Bertz CT molecular complexity index is 1090. The highest BCUT2D eigenvalue weighted by Gasteiger charge is 2.19. The van der Waals surface area contributed by atoms with Crippen molar-refractivity contribution in [1.82, 2.24) is 10.2 Å². The van der Waals surface area contributed by atoms with E-state index in [1.165, 1.54) is 21.9 Å². The summed E-state index contributed by atoms with van der Waals surface area (Å²) >= 11 is 0. The van der Waals surface area contributed by atoms with E-state index in [1.54, 1.807) is 7.11 Å². The molecule has 5 rings (SSSR count). The van der Waals surface area contributed by atoms with Crippen LogP contribution in [0.2, 0.25) is 0 Å². The zero-order valence-corrected chi connectivity index (χ0v) is 13.4. The fraction of sp³-hybridized carbons (Fsp3) is 0.143. The molecule has 0 atom stereocenters. The van der Waals surface area contributed by atoms with Crippen molar-refractivity contribution >= 4 is 21.5 Å². The first-order valence-corrected chi connectivity index (χ1v) is 8.20. The maximum Gasteiger partial charge on any atom is 0.241 e. The van der Waals surface area contributed by atoms with Crippen molar-refractivity contribution < 1.29 is 4.74 Å². The number of methoxy groups -OCH3 is 1. The fourth-order valence-corrected chi connectivity index (χ4v) is 3.88. The second-order valence-corrected chi connectivity index (χ2v) is 6.22. The lowest BCUT2D eigenvalue weighted by Gasteiger charge is -2.11. The zero-order chi connectivity index (χ0) is 16.1. The zero-order valence-electron chi connectivity index (χ0n) is 13.4. The summed E-state index contributed by atoms with van der Waals surface area (Å²) in [6.45, 7) is 0. The normalized spacial score (nSPS) is 12.9. The highest BCUT2D eigenvalue weighted by molar-refractivity contribution is 6.06.